The van der Waals surface area contributed by atoms with Gasteiger partial charge in [0.1, 0.15) is 5.60 Å². The van der Waals surface area contributed by atoms with Crippen molar-refractivity contribution in [2.75, 3.05) is 0 Å². The maximum atomic E-state index is 11.0. The van der Waals surface area contributed by atoms with Crippen LogP contribution in [0.15, 0.2) is 23.7 Å². The van der Waals surface area contributed by atoms with Crippen molar-refractivity contribution in [2.24, 2.45) is 5.73 Å². The SMILES string of the molecule is CC(C)(Cc1cc(CCc2nc(C(C)(C)C)cs2)ccn1)OC(N)=O. The van der Waals surface area contributed by atoms with Gasteiger partial charge in [-0.25, -0.2) is 9.78 Å². The summed E-state index contributed by atoms with van der Waals surface area (Å²) in [6.07, 6.45) is 3.37. The first kappa shape index (κ1) is 19.4. The van der Waals surface area contributed by atoms with E-state index in [4.69, 9.17) is 15.5 Å². The van der Waals surface area contributed by atoms with Crippen molar-refractivity contribution in [3.63, 3.8) is 0 Å². The van der Waals surface area contributed by atoms with Crippen LogP contribution in [0.1, 0.15) is 56.6 Å². The van der Waals surface area contributed by atoms with Crippen LogP contribution in [0.4, 0.5) is 4.79 Å². The first-order valence-corrected chi connectivity index (χ1v) is 9.30. The number of carbonyl (C=O) groups excluding carboxylic acids is 1. The van der Waals surface area contributed by atoms with Crippen LogP contribution >= 0.6 is 11.3 Å². The van der Waals surface area contributed by atoms with Crippen molar-refractivity contribution in [1.29, 1.82) is 0 Å². The van der Waals surface area contributed by atoms with Gasteiger partial charge < -0.3 is 10.5 Å². The molecule has 2 N–H and O–H groups in total. The Balaban J connectivity index is 1.99. The molecule has 0 spiro atoms. The van der Waals surface area contributed by atoms with E-state index in [-0.39, 0.29) is 5.41 Å². The number of nitrogens with two attached hydrogens (primary N) is 1. The van der Waals surface area contributed by atoms with Gasteiger partial charge in [-0.05, 0) is 38.0 Å². The van der Waals surface area contributed by atoms with Crippen molar-refractivity contribution in [2.45, 2.75) is 64.9 Å². The molecule has 25 heavy (non-hydrogen) atoms. The van der Waals surface area contributed by atoms with Crippen LogP contribution in [0.3, 0.4) is 0 Å². The molecule has 2 aromatic rings. The number of rotatable bonds is 6. The summed E-state index contributed by atoms with van der Waals surface area (Å²) < 4.78 is 5.14. The van der Waals surface area contributed by atoms with Crippen molar-refractivity contribution >= 4 is 17.4 Å². The first-order valence-electron chi connectivity index (χ1n) is 8.42. The first-order chi connectivity index (χ1) is 11.5. The van der Waals surface area contributed by atoms with Crippen LogP contribution in [0.5, 0.6) is 0 Å². The lowest BCUT2D eigenvalue weighted by Gasteiger charge is -2.23. The predicted octanol–water partition coefficient (Wildman–Crippen LogP) is 4.04. The Morgan fingerprint density at radius 2 is 1.96 bits per heavy atom. The van der Waals surface area contributed by atoms with E-state index in [1.807, 2.05) is 19.9 Å². The summed E-state index contributed by atoms with van der Waals surface area (Å²) in [6.45, 7) is 10.2. The topological polar surface area (TPSA) is 78.1 Å². The average Bonchev–Trinajstić information content (AvgIpc) is 2.92. The summed E-state index contributed by atoms with van der Waals surface area (Å²) in [5.74, 6) is 0. The fraction of sp³-hybridized carbons (Fsp3) is 0.526. The third kappa shape index (κ3) is 6.12. The number of primary amides is 1. The molecule has 5 nitrogen and oxygen atoms in total. The molecule has 0 fully saturated rings. The lowest BCUT2D eigenvalue weighted by atomic mass is 9.93. The molecule has 0 aliphatic carbocycles. The van der Waals surface area contributed by atoms with Gasteiger partial charge in [0, 0.05) is 35.5 Å². The molecule has 0 bridgehead atoms. The number of pyridine rings is 1. The zero-order chi connectivity index (χ0) is 18.7. The van der Waals surface area contributed by atoms with Gasteiger partial charge in [0.15, 0.2) is 0 Å². The van der Waals surface area contributed by atoms with Crippen LogP contribution in [0.2, 0.25) is 0 Å². The van der Waals surface area contributed by atoms with Crippen molar-refractivity contribution < 1.29 is 9.53 Å². The smallest absolute Gasteiger partial charge is 0.405 e. The number of carbonyl (C=O) groups is 1. The molecule has 0 saturated heterocycles. The van der Waals surface area contributed by atoms with Crippen LogP contribution in [-0.2, 0) is 29.4 Å². The van der Waals surface area contributed by atoms with E-state index in [2.05, 4.69) is 37.2 Å². The largest absolute Gasteiger partial charge is 0.443 e. The van der Waals surface area contributed by atoms with Crippen molar-refractivity contribution in [3.05, 3.63) is 45.7 Å². The Kier molecular flexibility index (Phi) is 5.83. The number of ether oxygens (including phenoxy) is 1. The molecule has 0 atom stereocenters. The third-order valence-electron chi connectivity index (χ3n) is 3.81. The highest BCUT2D eigenvalue weighted by Crippen LogP contribution is 2.24. The molecule has 0 aromatic carbocycles. The van der Waals surface area contributed by atoms with Gasteiger partial charge in [-0.15, -0.1) is 11.3 Å². The third-order valence-corrected chi connectivity index (χ3v) is 4.72. The minimum Gasteiger partial charge on any atom is -0.443 e. The van der Waals surface area contributed by atoms with E-state index in [0.717, 1.165) is 29.2 Å². The second-order valence-corrected chi connectivity index (χ2v) is 8.83. The van der Waals surface area contributed by atoms with Gasteiger partial charge in [0.2, 0.25) is 0 Å². The van der Waals surface area contributed by atoms with Gasteiger partial charge in [0.05, 0.1) is 10.7 Å². The number of hydrogen-bond acceptors (Lipinski definition) is 5. The molecule has 2 aromatic heterocycles. The van der Waals surface area contributed by atoms with Gasteiger partial charge in [-0.3, -0.25) is 4.98 Å². The van der Waals surface area contributed by atoms with Gasteiger partial charge in [-0.1, -0.05) is 20.8 Å². The second-order valence-electron chi connectivity index (χ2n) is 7.89. The lowest BCUT2D eigenvalue weighted by Crippen LogP contribution is -2.33. The molecule has 1 amide bonds. The minimum atomic E-state index is -0.764. The summed E-state index contributed by atoms with van der Waals surface area (Å²) in [5, 5.41) is 3.30. The molecule has 0 aliphatic rings. The molecular weight excluding hydrogens is 334 g/mol. The van der Waals surface area contributed by atoms with E-state index < -0.39 is 11.7 Å². The molecular formula is C19H27N3O2S. The second kappa shape index (κ2) is 7.52. The summed E-state index contributed by atoms with van der Waals surface area (Å²) >= 11 is 1.72. The van der Waals surface area contributed by atoms with Gasteiger partial charge in [0.25, 0.3) is 0 Å². The van der Waals surface area contributed by atoms with Crippen molar-refractivity contribution in [1.82, 2.24) is 9.97 Å². The fourth-order valence-corrected chi connectivity index (χ4v) is 3.57. The highest BCUT2D eigenvalue weighted by molar-refractivity contribution is 7.09. The van der Waals surface area contributed by atoms with Crippen LogP contribution < -0.4 is 5.73 Å². The highest BCUT2D eigenvalue weighted by atomic mass is 32.1. The zero-order valence-corrected chi connectivity index (χ0v) is 16.4. The number of aryl methyl sites for hydroxylation is 2. The number of amides is 1. The Morgan fingerprint density at radius 3 is 2.56 bits per heavy atom. The summed E-state index contributed by atoms with van der Waals surface area (Å²) in [7, 11) is 0. The van der Waals surface area contributed by atoms with E-state index in [1.54, 1.807) is 17.5 Å². The Hall–Kier alpha value is -1.95. The van der Waals surface area contributed by atoms with Crippen LogP contribution in [-0.4, -0.2) is 21.7 Å². The molecule has 0 radical (unpaired) electrons. The monoisotopic (exact) mass is 361 g/mol. The maximum absolute atomic E-state index is 11.0. The normalized spacial score (nSPS) is 12.2. The fourth-order valence-electron chi connectivity index (χ4n) is 2.55. The Morgan fingerprint density at radius 1 is 1.24 bits per heavy atom. The van der Waals surface area contributed by atoms with E-state index >= 15 is 0 Å². The summed E-state index contributed by atoms with van der Waals surface area (Å²) in [5.41, 5.74) is 7.77. The summed E-state index contributed by atoms with van der Waals surface area (Å²) in [4.78, 5) is 20.1. The van der Waals surface area contributed by atoms with E-state index in [9.17, 15) is 4.79 Å². The highest BCUT2D eigenvalue weighted by Gasteiger charge is 2.23. The lowest BCUT2D eigenvalue weighted by molar-refractivity contribution is 0.0453. The Labute approximate surface area is 153 Å². The quantitative estimate of drug-likeness (QED) is 0.842. The zero-order valence-electron chi connectivity index (χ0n) is 15.6. The predicted molar refractivity (Wildman–Crippen MR) is 101 cm³/mol. The van der Waals surface area contributed by atoms with Gasteiger partial charge >= 0.3 is 6.09 Å². The molecule has 0 aliphatic heterocycles. The molecule has 136 valence electrons. The standard InChI is InChI=1S/C19H27N3O2S/c1-18(2,3)15-12-25-16(22-15)7-6-13-8-9-21-14(10-13)11-19(4,5)24-17(20)23/h8-10,12H,6-7,11H2,1-5H3,(H2,20,23). The van der Waals surface area contributed by atoms with Crippen LogP contribution in [0, 0.1) is 0 Å². The molecule has 2 heterocycles. The maximum Gasteiger partial charge on any atom is 0.405 e. The van der Waals surface area contributed by atoms with E-state index in [1.165, 1.54) is 5.56 Å². The number of aromatic nitrogens is 2. The average molecular weight is 362 g/mol. The summed E-state index contributed by atoms with van der Waals surface area (Å²) in [6, 6.07) is 4.08. The van der Waals surface area contributed by atoms with Crippen molar-refractivity contribution in [3.8, 4) is 0 Å². The van der Waals surface area contributed by atoms with Gasteiger partial charge in [-0.2, -0.15) is 0 Å². The van der Waals surface area contributed by atoms with Crippen LogP contribution in [0.25, 0.3) is 0 Å². The number of hydrogen-bond donors (Lipinski definition) is 1. The van der Waals surface area contributed by atoms with E-state index in [0.29, 0.717) is 6.42 Å². The molecule has 6 heteroatoms. The molecule has 0 saturated carbocycles. The number of thiazole rings is 1. The number of nitrogens with zero attached hydrogens (tertiary/aromatic N) is 2. The minimum absolute atomic E-state index is 0.0879. The molecule has 2 rings (SSSR count). The Bertz CT molecular complexity index is 732. The molecule has 0 unspecified atom stereocenters.